The van der Waals surface area contributed by atoms with Gasteiger partial charge in [-0.15, -0.1) is 0 Å². The van der Waals surface area contributed by atoms with Gasteiger partial charge in [-0.2, -0.15) is 0 Å². The molecule has 2 heterocycles. The van der Waals surface area contributed by atoms with Crippen LogP contribution in [-0.4, -0.2) is 60.0 Å². The first-order chi connectivity index (χ1) is 13.9. The quantitative estimate of drug-likeness (QED) is 0.806. The fourth-order valence-electron chi connectivity index (χ4n) is 6.33. The molecule has 6 nitrogen and oxygen atoms in total. The van der Waals surface area contributed by atoms with Crippen molar-refractivity contribution in [3.05, 3.63) is 29.8 Å². The number of nitrogens with one attached hydrogen (secondary N) is 2. The van der Waals surface area contributed by atoms with Crippen LogP contribution in [0.15, 0.2) is 24.3 Å². The first-order valence-corrected chi connectivity index (χ1v) is 11.1. The van der Waals surface area contributed by atoms with Crippen molar-refractivity contribution < 1.29 is 9.59 Å². The van der Waals surface area contributed by atoms with Crippen LogP contribution in [0.25, 0.3) is 0 Å². The molecule has 6 rings (SSSR count). The number of benzene rings is 1. The lowest BCUT2D eigenvalue weighted by Gasteiger charge is -2.61. The third kappa shape index (κ3) is 2.95. The van der Waals surface area contributed by atoms with Crippen molar-refractivity contribution in [2.45, 2.75) is 45.2 Å². The van der Waals surface area contributed by atoms with Crippen LogP contribution >= 0.6 is 0 Å². The van der Waals surface area contributed by atoms with E-state index in [9.17, 15) is 9.59 Å². The number of amides is 2. The van der Waals surface area contributed by atoms with Crippen LogP contribution < -0.4 is 10.6 Å². The minimum atomic E-state index is -0.421. The molecule has 3 saturated carbocycles. The highest BCUT2D eigenvalue weighted by molar-refractivity contribution is 6.02. The van der Waals surface area contributed by atoms with Crippen molar-refractivity contribution in [2.75, 3.05) is 38.0 Å². The number of rotatable bonds is 2. The molecule has 4 atom stereocenters. The molecule has 2 bridgehead atoms. The molecule has 0 unspecified atom stereocenters. The minimum absolute atomic E-state index is 0.00839. The van der Waals surface area contributed by atoms with E-state index in [0.29, 0.717) is 11.5 Å². The Morgan fingerprint density at radius 2 is 1.93 bits per heavy atom. The third-order valence-electron chi connectivity index (χ3n) is 8.10. The number of carbonyl (C=O) groups is 2. The summed E-state index contributed by atoms with van der Waals surface area (Å²) in [5.41, 5.74) is 1.13. The molecule has 1 aromatic carbocycles. The molecular weight excluding hydrogens is 364 g/mol. The zero-order valence-corrected chi connectivity index (χ0v) is 17.5. The molecule has 2 N–H and O–H groups in total. The van der Waals surface area contributed by atoms with Crippen molar-refractivity contribution in [1.82, 2.24) is 15.1 Å². The minimum Gasteiger partial charge on any atom is -0.362 e. The Labute approximate surface area is 173 Å². The second-order valence-corrected chi connectivity index (χ2v) is 9.71. The smallest absolute Gasteiger partial charge is 0.255 e. The summed E-state index contributed by atoms with van der Waals surface area (Å²) in [6, 6.07) is 7.74. The number of anilines is 1. The number of hydrogen-bond donors (Lipinski definition) is 2. The molecule has 6 heteroatoms. The van der Waals surface area contributed by atoms with Crippen molar-refractivity contribution in [3.63, 3.8) is 0 Å². The second kappa shape index (κ2) is 6.73. The Hall–Kier alpha value is -2.08. The number of nitrogens with zero attached hydrogens (tertiary/aromatic N) is 2. The summed E-state index contributed by atoms with van der Waals surface area (Å²) in [7, 11) is 0. The van der Waals surface area contributed by atoms with Crippen molar-refractivity contribution >= 4 is 17.5 Å². The van der Waals surface area contributed by atoms with Crippen LogP contribution in [0.4, 0.5) is 5.69 Å². The van der Waals surface area contributed by atoms with Crippen molar-refractivity contribution in [3.8, 4) is 0 Å². The van der Waals surface area contributed by atoms with Crippen LogP contribution in [0.3, 0.4) is 0 Å². The van der Waals surface area contributed by atoms with Crippen LogP contribution in [0.5, 0.6) is 0 Å². The van der Waals surface area contributed by atoms with Crippen molar-refractivity contribution in [1.29, 1.82) is 0 Å². The molecule has 3 aliphatic carbocycles. The predicted molar refractivity (Wildman–Crippen MR) is 113 cm³/mol. The van der Waals surface area contributed by atoms with Crippen LogP contribution in [-0.2, 0) is 4.79 Å². The summed E-state index contributed by atoms with van der Waals surface area (Å²) in [5.74, 6) is 0.697. The zero-order chi connectivity index (χ0) is 20.2. The number of carbonyl (C=O) groups excluding carboxylic acids is 2. The van der Waals surface area contributed by atoms with Gasteiger partial charge in [0, 0.05) is 43.7 Å². The SMILES string of the molecule is CCN1CCN(C(=O)[C@H]2C[C@H]3CC[C@@]2(C)C[C@]32NC(=O)c3ccccc3N2)CC1. The van der Waals surface area contributed by atoms with Gasteiger partial charge in [-0.3, -0.25) is 9.59 Å². The standard InChI is InChI=1S/C23H32N4O2/c1-3-26-10-12-27(13-11-26)21(29)18-14-16-8-9-22(18,2)15-23(16)24-19-7-5-4-6-17(19)20(28)25-23/h4-7,16,18,24H,3,8-15H2,1-2H3,(H,25,28)/t16-,18-,22+,23+/m1/s1. The normalized spacial score (nSPS) is 36.5. The van der Waals surface area contributed by atoms with E-state index >= 15 is 0 Å². The fourth-order valence-corrected chi connectivity index (χ4v) is 6.33. The van der Waals surface area contributed by atoms with Crippen LogP contribution in [0.1, 0.15) is 49.9 Å². The Bertz CT molecular complexity index is 834. The van der Waals surface area contributed by atoms with Gasteiger partial charge in [0.25, 0.3) is 5.91 Å². The third-order valence-corrected chi connectivity index (χ3v) is 8.10. The molecule has 4 fully saturated rings. The Kier molecular flexibility index (Phi) is 4.39. The summed E-state index contributed by atoms with van der Waals surface area (Å²) >= 11 is 0. The molecule has 156 valence electrons. The number of piperazine rings is 1. The second-order valence-electron chi connectivity index (χ2n) is 9.71. The van der Waals surface area contributed by atoms with Gasteiger partial charge in [0.15, 0.2) is 0 Å². The van der Waals surface area contributed by atoms with E-state index in [2.05, 4.69) is 34.3 Å². The first-order valence-electron chi connectivity index (χ1n) is 11.1. The molecule has 0 radical (unpaired) electrons. The zero-order valence-electron chi connectivity index (χ0n) is 17.5. The number of fused-ring (bicyclic) bond motifs is 3. The highest BCUT2D eigenvalue weighted by Gasteiger charge is 2.60. The molecule has 1 spiro atoms. The molecule has 29 heavy (non-hydrogen) atoms. The van der Waals surface area contributed by atoms with Gasteiger partial charge in [0.1, 0.15) is 5.66 Å². The van der Waals surface area contributed by atoms with Crippen LogP contribution in [0.2, 0.25) is 0 Å². The van der Waals surface area contributed by atoms with E-state index in [0.717, 1.165) is 64.1 Å². The molecule has 2 aliphatic heterocycles. The maximum Gasteiger partial charge on any atom is 0.255 e. The van der Waals surface area contributed by atoms with E-state index in [1.165, 1.54) is 0 Å². The van der Waals surface area contributed by atoms with Crippen LogP contribution in [0, 0.1) is 17.3 Å². The van der Waals surface area contributed by atoms with E-state index in [4.69, 9.17) is 0 Å². The van der Waals surface area contributed by atoms with E-state index in [1.54, 1.807) is 0 Å². The van der Waals surface area contributed by atoms with Gasteiger partial charge < -0.3 is 20.4 Å². The maximum atomic E-state index is 13.5. The number of para-hydroxylation sites is 1. The molecular formula is C23H32N4O2. The summed E-state index contributed by atoms with van der Waals surface area (Å²) in [5, 5.41) is 7.00. The monoisotopic (exact) mass is 396 g/mol. The van der Waals surface area contributed by atoms with Gasteiger partial charge in [0.2, 0.25) is 5.91 Å². The van der Waals surface area contributed by atoms with Gasteiger partial charge in [-0.1, -0.05) is 26.0 Å². The highest BCUT2D eigenvalue weighted by Crippen LogP contribution is 2.58. The van der Waals surface area contributed by atoms with E-state index in [-0.39, 0.29) is 23.2 Å². The molecule has 0 aromatic heterocycles. The summed E-state index contributed by atoms with van der Waals surface area (Å²) < 4.78 is 0. The number of hydrogen-bond acceptors (Lipinski definition) is 4. The topological polar surface area (TPSA) is 64.7 Å². The van der Waals surface area contributed by atoms with Gasteiger partial charge in [-0.05, 0) is 49.8 Å². The maximum absolute atomic E-state index is 13.5. The average molecular weight is 397 g/mol. The fraction of sp³-hybridized carbons (Fsp3) is 0.652. The lowest BCUT2D eigenvalue weighted by molar-refractivity contribution is -0.152. The largest absolute Gasteiger partial charge is 0.362 e. The molecule has 1 saturated heterocycles. The highest BCUT2D eigenvalue weighted by atomic mass is 16.2. The van der Waals surface area contributed by atoms with E-state index in [1.807, 2.05) is 24.3 Å². The summed E-state index contributed by atoms with van der Waals surface area (Å²) in [6.45, 7) is 9.15. The first kappa shape index (κ1) is 18.9. The molecule has 1 aromatic rings. The van der Waals surface area contributed by atoms with Gasteiger partial charge >= 0.3 is 0 Å². The Morgan fingerprint density at radius 1 is 1.17 bits per heavy atom. The van der Waals surface area contributed by atoms with Gasteiger partial charge in [-0.25, -0.2) is 0 Å². The van der Waals surface area contributed by atoms with Crippen molar-refractivity contribution in [2.24, 2.45) is 17.3 Å². The predicted octanol–water partition coefficient (Wildman–Crippen LogP) is 2.53. The lowest BCUT2D eigenvalue weighted by atomic mass is 9.51. The van der Waals surface area contributed by atoms with Gasteiger partial charge in [0.05, 0.1) is 5.56 Å². The summed E-state index contributed by atoms with van der Waals surface area (Å²) in [4.78, 5) is 30.8. The number of likely N-dealkylation sites (N-methyl/N-ethyl adjacent to an activating group) is 1. The summed E-state index contributed by atoms with van der Waals surface area (Å²) in [6.07, 6.45) is 3.79. The Morgan fingerprint density at radius 3 is 2.66 bits per heavy atom. The molecule has 5 aliphatic rings. The van der Waals surface area contributed by atoms with E-state index < -0.39 is 5.66 Å². The average Bonchev–Trinajstić information content (AvgIpc) is 2.73. The molecule has 2 amide bonds. The Balaban J connectivity index is 1.37. The lowest BCUT2D eigenvalue weighted by Crippen LogP contribution is -2.70.